The zero-order chi connectivity index (χ0) is 17.7. The Morgan fingerprint density at radius 2 is 1.83 bits per heavy atom. The van der Waals surface area contributed by atoms with Crippen LogP contribution in [0.2, 0.25) is 0 Å². The molecule has 0 radical (unpaired) electrons. The van der Waals surface area contributed by atoms with Crippen LogP contribution < -0.4 is 14.2 Å². The molecule has 2 rings (SSSR count). The molecule has 6 nitrogen and oxygen atoms in total. The summed E-state index contributed by atoms with van der Waals surface area (Å²) in [5.74, 6) is 0.543. The van der Waals surface area contributed by atoms with E-state index in [1.807, 2.05) is 0 Å². The largest absolute Gasteiger partial charge is 0.493 e. The monoisotopic (exact) mass is 338 g/mol. The van der Waals surface area contributed by atoms with Crippen molar-refractivity contribution in [2.45, 2.75) is 51.2 Å². The van der Waals surface area contributed by atoms with Gasteiger partial charge in [0.25, 0.3) is 0 Å². The number of hydrogen-bond donors (Lipinski definition) is 1. The third-order valence-corrected chi connectivity index (χ3v) is 4.31. The minimum atomic E-state index is -0.755. The highest BCUT2D eigenvalue weighted by Gasteiger charge is 2.40. The molecule has 1 unspecified atom stereocenters. The molecule has 1 aliphatic heterocycles. The van der Waals surface area contributed by atoms with Crippen LogP contribution in [0.3, 0.4) is 0 Å². The Morgan fingerprint density at radius 3 is 2.42 bits per heavy atom. The summed E-state index contributed by atoms with van der Waals surface area (Å²) in [5.41, 5.74) is 0.880. The summed E-state index contributed by atoms with van der Waals surface area (Å²) in [5, 5.41) is 10.5. The van der Waals surface area contributed by atoms with Crippen LogP contribution >= 0.6 is 0 Å². The highest BCUT2D eigenvalue weighted by Crippen LogP contribution is 2.48. The number of carbonyl (C=O) groups excluding carboxylic acids is 1. The minimum Gasteiger partial charge on any atom is -0.493 e. The maximum Gasteiger partial charge on any atom is 0.343 e. The van der Waals surface area contributed by atoms with Gasteiger partial charge in [0, 0.05) is 5.56 Å². The number of ether oxygens (including phenoxy) is 4. The molecular formula is C18H26O6. The molecule has 134 valence electrons. The van der Waals surface area contributed by atoms with E-state index in [4.69, 9.17) is 18.9 Å². The van der Waals surface area contributed by atoms with Gasteiger partial charge in [-0.25, -0.2) is 4.79 Å². The molecule has 0 aromatic heterocycles. The first-order valence-electron chi connectivity index (χ1n) is 8.30. The zero-order valence-corrected chi connectivity index (χ0v) is 14.8. The van der Waals surface area contributed by atoms with E-state index in [-0.39, 0.29) is 5.75 Å². The van der Waals surface area contributed by atoms with Gasteiger partial charge in [-0.2, -0.15) is 0 Å². The summed E-state index contributed by atoms with van der Waals surface area (Å²) in [7, 11) is 4.45. The molecule has 1 aromatic rings. The Balaban J connectivity index is 2.31. The van der Waals surface area contributed by atoms with Crippen LogP contribution in [0, 0.1) is 0 Å². The lowest BCUT2D eigenvalue weighted by Gasteiger charge is -2.19. The van der Waals surface area contributed by atoms with Gasteiger partial charge in [-0.05, 0) is 12.5 Å². The van der Waals surface area contributed by atoms with E-state index in [2.05, 4.69) is 6.92 Å². The lowest BCUT2D eigenvalue weighted by atomic mass is 9.96. The Hall–Kier alpha value is -1.95. The molecule has 6 heteroatoms. The Kier molecular flexibility index (Phi) is 6.31. The van der Waals surface area contributed by atoms with Gasteiger partial charge in [0.2, 0.25) is 5.75 Å². The van der Waals surface area contributed by atoms with Crippen molar-refractivity contribution < 1.29 is 28.8 Å². The van der Waals surface area contributed by atoms with Crippen molar-refractivity contribution in [1.29, 1.82) is 0 Å². The third kappa shape index (κ3) is 3.43. The fourth-order valence-corrected chi connectivity index (χ4v) is 3.07. The number of methoxy groups -OCH3 is 3. The second-order valence-electron chi connectivity index (χ2n) is 5.85. The summed E-state index contributed by atoms with van der Waals surface area (Å²) in [4.78, 5) is 12.3. The molecule has 0 fully saturated rings. The fourth-order valence-electron chi connectivity index (χ4n) is 3.07. The molecule has 0 saturated heterocycles. The average Bonchev–Trinajstić information content (AvgIpc) is 2.93. The molecule has 1 N–H and O–H groups in total. The van der Waals surface area contributed by atoms with Gasteiger partial charge >= 0.3 is 5.97 Å². The SMILES string of the molecule is CCCCCC[C@@H](O)C1OC(=O)c2c1cc(OC)c(OC)c2OC. The minimum absolute atomic E-state index is 0.275. The number of carbonyl (C=O) groups is 1. The van der Waals surface area contributed by atoms with Crippen molar-refractivity contribution in [2.75, 3.05) is 21.3 Å². The molecular weight excluding hydrogens is 312 g/mol. The highest BCUT2D eigenvalue weighted by atomic mass is 16.6. The van der Waals surface area contributed by atoms with Crippen molar-refractivity contribution in [2.24, 2.45) is 0 Å². The van der Waals surface area contributed by atoms with Crippen LogP contribution in [0.1, 0.15) is 61.1 Å². The Morgan fingerprint density at radius 1 is 1.12 bits per heavy atom. The first kappa shape index (κ1) is 18.4. The van der Waals surface area contributed by atoms with Crippen LogP contribution in [0.25, 0.3) is 0 Å². The van der Waals surface area contributed by atoms with Gasteiger partial charge in [0.15, 0.2) is 17.6 Å². The fraction of sp³-hybridized carbons (Fsp3) is 0.611. The van der Waals surface area contributed by atoms with Crippen molar-refractivity contribution in [1.82, 2.24) is 0 Å². The normalized spacial score (nSPS) is 17.2. The predicted octanol–water partition coefficient (Wildman–Crippen LogP) is 3.26. The molecule has 2 atom stereocenters. The third-order valence-electron chi connectivity index (χ3n) is 4.31. The maximum absolute atomic E-state index is 12.3. The van der Waals surface area contributed by atoms with E-state index < -0.39 is 18.2 Å². The van der Waals surface area contributed by atoms with Gasteiger partial charge in [-0.15, -0.1) is 0 Å². The lowest BCUT2D eigenvalue weighted by Crippen LogP contribution is -2.18. The second-order valence-corrected chi connectivity index (χ2v) is 5.85. The van der Waals surface area contributed by atoms with E-state index in [1.165, 1.54) is 21.3 Å². The Bertz CT molecular complexity index is 583. The number of cyclic esters (lactones) is 1. The lowest BCUT2D eigenvalue weighted by molar-refractivity contribution is -0.0129. The van der Waals surface area contributed by atoms with E-state index in [1.54, 1.807) is 6.07 Å². The van der Waals surface area contributed by atoms with E-state index in [9.17, 15) is 9.90 Å². The smallest absolute Gasteiger partial charge is 0.343 e. The summed E-state index contributed by atoms with van der Waals surface area (Å²) < 4.78 is 21.4. The molecule has 24 heavy (non-hydrogen) atoms. The topological polar surface area (TPSA) is 74.2 Å². The van der Waals surface area contributed by atoms with Gasteiger partial charge in [-0.1, -0.05) is 32.6 Å². The van der Waals surface area contributed by atoms with Crippen molar-refractivity contribution in [3.8, 4) is 17.2 Å². The number of hydrogen-bond acceptors (Lipinski definition) is 6. The predicted molar refractivity (Wildman–Crippen MR) is 89.0 cm³/mol. The van der Waals surface area contributed by atoms with Gasteiger partial charge in [0.05, 0.1) is 27.4 Å². The molecule has 0 bridgehead atoms. The molecule has 0 amide bonds. The highest BCUT2D eigenvalue weighted by molar-refractivity contribution is 5.98. The standard InChI is InChI=1S/C18H26O6/c1-5-6-7-8-9-12(19)15-11-10-13(21-2)16(22-3)17(23-4)14(11)18(20)24-15/h10,12,15,19H,5-9H2,1-4H3/t12-,15?/m1/s1. The zero-order valence-electron chi connectivity index (χ0n) is 14.8. The maximum atomic E-state index is 12.3. The van der Waals surface area contributed by atoms with Gasteiger partial charge in [0.1, 0.15) is 5.56 Å². The van der Waals surface area contributed by atoms with Gasteiger partial charge < -0.3 is 24.1 Å². The van der Waals surface area contributed by atoms with Crippen molar-refractivity contribution in [3.63, 3.8) is 0 Å². The quantitative estimate of drug-likeness (QED) is 0.550. The van der Waals surface area contributed by atoms with E-state index >= 15 is 0 Å². The summed E-state index contributed by atoms with van der Waals surface area (Å²) in [6.45, 7) is 2.14. The van der Waals surface area contributed by atoms with E-state index in [0.29, 0.717) is 29.0 Å². The van der Waals surface area contributed by atoms with Crippen molar-refractivity contribution in [3.05, 3.63) is 17.2 Å². The number of esters is 1. The van der Waals surface area contributed by atoms with E-state index in [0.717, 1.165) is 25.7 Å². The van der Waals surface area contributed by atoms with Gasteiger partial charge in [-0.3, -0.25) is 0 Å². The molecule has 0 saturated carbocycles. The van der Waals surface area contributed by atoms with Crippen molar-refractivity contribution >= 4 is 5.97 Å². The number of aliphatic hydroxyl groups excluding tert-OH is 1. The summed E-state index contributed by atoms with van der Waals surface area (Å²) >= 11 is 0. The number of fused-ring (bicyclic) bond motifs is 1. The van der Waals surface area contributed by atoms with Crippen LogP contribution in [0.5, 0.6) is 17.2 Å². The second kappa shape index (κ2) is 8.24. The molecule has 0 aliphatic carbocycles. The number of rotatable bonds is 9. The van der Waals surface area contributed by atoms with Crippen LogP contribution in [-0.2, 0) is 4.74 Å². The number of aliphatic hydroxyl groups is 1. The molecule has 1 aromatic carbocycles. The summed E-state index contributed by atoms with van der Waals surface area (Å²) in [6, 6.07) is 1.68. The first-order chi connectivity index (χ1) is 11.6. The van der Waals surface area contributed by atoms with Crippen LogP contribution in [0.4, 0.5) is 0 Å². The number of benzene rings is 1. The summed E-state index contributed by atoms with van der Waals surface area (Å²) in [6.07, 6.45) is 3.32. The number of unbranched alkanes of at least 4 members (excludes halogenated alkanes) is 3. The first-order valence-corrected chi connectivity index (χ1v) is 8.30. The van der Waals surface area contributed by atoms with Crippen LogP contribution in [-0.4, -0.2) is 38.5 Å². The molecule has 1 heterocycles. The van der Waals surface area contributed by atoms with Crippen LogP contribution in [0.15, 0.2) is 6.07 Å². The average molecular weight is 338 g/mol. The molecule has 1 aliphatic rings. The Labute approximate surface area is 142 Å². The molecule has 0 spiro atoms.